The van der Waals surface area contributed by atoms with Crippen LogP contribution >= 0.6 is 0 Å². The Morgan fingerprint density at radius 1 is 1.04 bits per heavy atom. The van der Waals surface area contributed by atoms with Crippen LogP contribution in [0.15, 0.2) is 53.1 Å². The summed E-state index contributed by atoms with van der Waals surface area (Å²) in [6, 6.07) is 13.6. The number of piperazine rings is 1. The molecule has 7 nitrogen and oxygen atoms in total. The first-order valence-corrected chi connectivity index (χ1v) is 8.67. The average molecular weight is 351 g/mol. The summed E-state index contributed by atoms with van der Waals surface area (Å²) in [5.74, 6) is 2.96. The van der Waals surface area contributed by atoms with Crippen LogP contribution in [0.4, 0.5) is 5.82 Å². The van der Waals surface area contributed by atoms with E-state index in [0.717, 1.165) is 43.3 Å². The van der Waals surface area contributed by atoms with Gasteiger partial charge in [0.2, 0.25) is 11.8 Å². The number of pyridine rings is 1. The van der Waals surface area contributed by atoms with Crippen LogP contribution in [-0.2, 0) is 6.54 Å². The molecule has 134 valence electrons. The van der Waals surface area contributed by atoms with Crippen molar-refractivity contribution in [1.29, 1.82) is 0 Å². The van der Waals surface area contributed by atoms with Crippen LogP contribution in [0, 0.1) is 0 Å². The lowest BCUT2D eigenvalue weighted by Gasteiger charge is -2.34. The van der Waals surface area contributed by atoms with Gasteiger partial charge in [0, 0.05) is 37.9 Å². The molecule has 1 aromatic carbocycles. The van der Waals surface area contributed by atoms with Crippen molar-refractivity contribution < 1.29 is 9.15 Å². The van der Waals surface area contributed by atoms with Gasteiger partial charge in [-0.15, -0.1) is 10.2 Å². The molecule has 1 aliphatic rings. The Hall–Kier alpha value is -2.93. The first-order valence-electron chi connectivity index (χ1n) is 8.67. The summed E-state index contributed by atoms with van der Waals surface area (Å²) in [6.07, 6.45) is 1.83. The van der Waals surface area contributed by atoms with Gasteiger partial charge in [-0.05, 0) is 30.3 Å². The normalized spacial score (nSPS) is 15.2. The standard InChI is InChI=1S/C19H21N5O2/c1-25-16-6-4-5-15(13-16)19-22-21-18(26-19)14-23-9-11-24(12-10-23)17-7-2-3-8-20-17/h2-8,13H,9-12,14H2,1H3. The van der Waals surface area contributed by atoms with Crippen molar-refractivity contribution in [2.24, 2.45) is 0 Å². The number of aromatic nitrogens is 3. The molecule has 0 bridgehead atoms. The number of anilines is 1. The lowest BCUT2D eigenvalue weighted by molar-refractivity contribution is 0.226. The molecule has 1 saturated heterocycles. The summed E-state index contributed by atoms with van der Waals surface area (Å²) in [7, 11) is 1.64. The Labute approximate surface area is 152 Å². The van der Waals surface area contributed by atoms with Gasteiger partial charge in [0.15, 0.2) is 0 Å². The SMILES string of the molecule is COc1cccc(-c2nnc(CN3CCN(c4ccccn4)CC3)o2)c1. The highest BCUT2D eigenvalue weighted by Gasteiger charge is 2.20. The van der Waals surface area contributed by atoms with Crippen LogP contribution in [-0.4, -0.2) is 53.4 Å². The Kier molecular flexibility index (Phi) is 4.79. The topological polar surface area (TPSA) is 67.5 Å². The van der Waals surface area contributed by atoms with E-state index in [1.807, 2.05) is 48.7 Å². The van der Waals surface area contributed by atoms with Gasteiger partial charge in [0.1, 0.15) is 11.6 Å². The number of hydrogen-bond acceptors (Lipinski definition) is 7. The van der Waals surface area contributed by atoms with Gasteiger partial charge < -0.3 is 14.1 Å². The van der Waals surface area contributed by atoms with Crippen LogP contribution in [0.3, 0.4) is 0 Å². The van der Waals surface area contributed by atoms with Crippen molar-refractivity contribution in [1.82, 2.24) is 20.1 Å². The van der Waals surface area contributed by atoms with Gasteiger partial charge in [0.25, 0.3) is 0 Å². The van der Waals surface area contributed by atoms with E-state index < -0.39 is 0 Å². The minimum atomic E-state index is 0.519. The summed E-state index contributed by atoms with van der Waals surface area (Å²) in [6.45, 7) is 4.41. The average Bonchev–Trinajstić information content (AvgIpc) is 3.18. The van der Waals surface area contributed by atoms with Gasteiger partial charge in [-0.25, -0.2) is 4.98 Å². The molecule has 0 amide bonds. The van der Waals surface area contributed by atoms with Crippen molar-refractivity contribution in [2.45, 2.75) is 6.54 Å². The molecule has 0 unspecified atom stereocenters. The van der Waals surface area contributed by atoms with Crippen molar-refractivity contribution in [2.75, 3.05) is 38.2 Å². The van der Waals surface area contributed by atoms with E-state index in [9.17, 15) is 0 Å². The van der Waals surface area contributed by atoms with Crippen molar-refractivity contribution >= 4 is 5.82 Å². The first-order chi connectivity index (χ1) is 12.8. The molecule has 2 aromatic heterocycles. The second kappa shape index (κ2) is 7.53. The summed E-state index contributed by atoms with van der Waals surface area (Å²) in [4.78, 5) is 9.04. The molecule has 3 aromatic rings. The largest absolute Gasteiger partial charge is 0.497 e. The Balaban J connectivity index is 1.36. The highest BCUT2D eigenvalue weighted by molar-refractivity contribution is 5.55. The second-order valence-corrected chi connectivity index (χ2v) is 6.18. The van der Waals surface area contributed by atoms with E-state index in [2.05, 4.69) is 25.0 Å². The lowest BCUT2D eigenvalue weighted by atomic mass is 10.2. The highest BCUT2D eigenvalue weighted by Crippen LogP contribution is 2.23. The van der Waals surface area contributed by atoms with Crippen LogP contribution in [0.5, 0.6) is 5.75 Å². The molecule has 1 aliphatic heterocycles. The Morgan fingerprint density at radius 2 is 1.92 bits per heavy atom. The fourth-order valence-corrected chi connectivity index (χ4v) is 3.06. The third-order valence-corrected chi connectivity index (χ3v) is 4.49. The summed E-state index contributed by atoms with van der Waals surface area (Å²) < 4.78 is 11.1. The molecule has 0 radical (unpaired) electrons. The predicted octanol–water partition coefficient (Wildman–Crippen LogP) is 2.46. The predicted molar refractivity (Wildman–Crippen MR) is 98.0 cm³/mol. The van der Waals surface area contributed by atoms with E-state index in [-0.39, 0.29) is 0 Å². The minimum absolute atomic E-state index is 0.519. The van der Waals surface area contributed by atoms with Crippen LogP contribution in [0.1, 0.15) is 5.89 Å². The lowest BCUT2D eigenvalue weighted by Crippen LogP contribution is -2.46. The summed E-state index contributed by atoms with van der Waals surface area (Å²) in [5, 5.41) is 8.36. The van der Waals surface area contributed by atoms with Gasteiger partial charge in [-0.1, -0.05) is 12.1 Å². The molecule has 7 heteroatoms. The van der Waals surface area contributed by atoms with E-state index in [4.69, 9.17) is 9.15 Å². The van der Waals surface area contributed by atoms with E-state index in [0.29, 0.717) is 18.3 Å². The van der Waals surface area contributed by atoms with Crippen LogP contribution in [0.2, 0.25) is 0 Å². The number of methoxy groups -OCH3 is 1. The molecule has 0 N–H and O–H groups in total. The molecule has 0 atom stereocenters. The van der Waals surface area contributed by atoms with E-state index in [1.165, 1.54) is 0 Å². The maximum atomic E-state index is 5.84. The molecule has 0 saturated carbocycles. The zero-order valence-corrected chi connectivity index (χ0v) is 14.7. The number of nitrogens with zero attached hydrogens (tertiary/aromatic N) is 5. The fourth-order valence-electron chi connectivity index (χ4n) is 3.06. The quantitative estimate of drug-likeness (QED) is 0.699. The molecular formula is C19H21N5O2. The van der Waals surface area contributed by atoms with Crippen molar-refractivity contribution in [3.8, 4) is 17.2 Å². The van der Waals surface area contributed by atoms with Crippen molar-refractivity contribution in [3.05, 3.63) is 54.6 Å². The Bertz CT molecular complexity index is 844. The third-order valence-electron chi connectivity index (χ3n) is 4.49. The molecule has 0 aliphatic carbocycles. The minimum Gasteiger partial charge on any atom is -0.497 e. The van der Waals surface area contributed by atoms with Gasteiger partial charge >= 0.3 is 0 Å². The smallest absolute Gasteiger partial charge is 0.247 e. The fraction of sp³-hybridized carbons (Fsp3) is 0.316. The van der Waals surface area contributed by atoms with Gasteiger partial charge in [-0.3, -0.25) is 4.90 Å². The maximum Gasteiger partial charge on any atom is 0.247 e. The Morgan fingerprint density at radius 3 is 2.69 bits per heavy atom. The number of rotatable bonds is 5. The molecule has 26 heavy (non-hydrogen) atoms. The number of ether oxygens (including phenoxy) is 1. The monoisotopic (exact) mass is 351 g/mol. The summed E-state index contributed by atoms with van der Waals surface area (Å²) >= 11 is 0. The zero-order chi connectivity index (χ0) is 17.8. The first kappa shape index (κ1) is 16.5. The highest BCUT2D eigenvalue weighted by atomic mass is 16.5. The van der Waals surface area contributed by atoms with Crippen LogP contribution < -0.4 is 9.64 Å². The molecular weight excluding hydrogens is 330 g/mol. The van der Waals surface area contributed by atoms with Crippen molar-refractivity contribution in [3.63, 3.8) is 0 Å². The molecule has 3 heterocycles. The van der Waals surface area contributed by atoms with E-state index >= 15 is 0 Å². The summed E-state index contributed by atoms with van der Waals surface area (Å²) in [5.41, 5.74) is 0.864. The van der Waals surface area contributed by atoms with E-state index in [1.54, 1.807) is 7.11 Å². The molecule has 4 rings (SSSR count). The number of benzene rings is 1. The third kappa shape index (κ3) is 3.67. The maximum absolute atomic E-state index is 5.84. The molecule has 1 fully saturated rings. The molecule has 0 spiro atoms. The zero-order valence-electron chi connectivity index (χ0n) is 14.7. The van der Waals surface area contributed by atoms with Gasteiger partial charge in [0.05, 0.1) is 13.7 Å². The number of hydrogen-bond donors (Lipinski definition) is 0. The second-order valence-electron chi connectivity index (χ2n) is 6.18. The van der Waals surface area contributed by atoms with Crippen LogP contribution in [0.25, 0.3) is 11.5 Å². The van der Waals surface area contributed by atoms with Gasteiger partial charge in [-0.2, -0.15) is 0 Å².